The van der Waals surface area contributed by atoms with E-state index in [9.17, 15) is 0 Å². The number of piperidine rings is 1. The first-order valence-electron chi connectivity index (χ1n) is 10.8. The third-order valence-electron chi connectivity index (χ3n) is 5.76. The molecule has 2 aliphatic rings. The van der Waals surface area contributed by atoms with E-state index in [-0.39, 0.29) is 0 Å². The molecule has 0 bridgehead atoms. The topological polar surface area (TPSA) is 65.0 Å². The molecule has 7 nitrogen and oxygen atoms in total. The SMILES string of the molecule is CCC1CCCCN1CCNC(=NC)NCc1cccnc1N1CCOCC1. The Labute approximate surface area is 169 Å². The van der Waals surface area contributed by atoms with Crippen molar-refractivity contribution in [3.8, 4) is 0 Å². The zero-order chi connectivity index (χ0) is 19.6. The van der Waals surface area contributed by atoms with E-state index in [2.05, 4.69) is 43.4 Å². The standard InChI is InChI=1S/C21H36N6O/c1-3-19-8-4-5-11-26(19)12-10-24-21(22-2)25-17-18-7-6-9-23-20(18)27-13-15-28-16-14-27/h6-7,9,19H,3-5,8,10-17H2,1-2H3,(H2,22,24,25). The van der Waals surface area contributed by atoms with Crippen molar-refractivity contribution in [2.24, 2.45) is 4.99 Å². The lowest BCUT2D eigenvalue weighted by atomic mass is 10.0. The molecule has 3 rings (SSSR count). The van der Waals surface area contributed by atoms with Gasteiger partial charge >= 0.3 is 0 Å². The van der Waals surface area contributed by atoms with Crippen LogP contribution in [0.2, 0.25) is 0 Å². The van der Waals surface area contributed by atoms with Gasteiger partial charge in [-0.15, -0.1) is 0 Å². The van der Waals surface area contributed by atoms with Crippen LogP contribution in [-0.4, -0.2) is 74.9 Å². The van der Waals surface area contributed by atoms with Crippen LogP contribution in [-0.2, 0) is 11.3 Å². The molecule has 2 aliphatic heterocycles. The molecule has 1 unspecified atom stereocenters. The smallest absolute Gasteiger partial charge is 0.191 e. The van der Waals surface area contributed by atoms with Crippen molar-refractivity contribution >= 4 is 11.8 Å². The molecule has 0 spiro atoms. The van der Waals surface area contributed by atoms with E-state index < -0.39 is 0 Å². The minimum atomic E-state index is 0.710. The van der Waals surface area contributed by atoms with Gasteiger partial charge in [0.2, 0.25) is 0 Å². The van der Waals surface area contributed by atoms with Crippen molar-refractivity contribution in [2.75, 3.05) is 57.9 Å². The Kier molecular flexibility index (Phi) is 8.36. The van der Waals surface area contributed by atoms with E-state index in [1.165, 1.54) is 37.8 Å². The summed E-state index contributed by atoms with van der Waals surface area (Å²) in [5.74, 6) is 1.90. The predicted octanol–water partition coefficient (Wildman–Crippen LogP) is 1.85. The molecule has 2 fully saturated rings. The lowest BCUT2D eigenvalue weighted by Crippen LogP contribution is -2.45. The highest BCUT2D eigenvalue weighted by Crippen LogP contribution is 2.19. The van der Waals surface area contributed by atoms with E-state index >= 15 is 0 Å². The molecule has 0 radical (unpaired) electrons. The summed E-state index contributed by atoms with van der Waals surface area (Å²) in [6.45, 7) is 9.55. The maximum Gasteiger partial charge on any atom is 0.191 e. The average molecular weight is 389 g/mol. The van der Waals surface area contributed by atoms with Gasteiger partial charge in [-0.05, 0) is 31.9 Å². The predicted molar refractivity (Wildman–Crippen MR) is 115 cm³/mol. The summed E-state index contributed by atoms with van der Waals surface area (Å²) >= 11 is 0. The monoisotopic (exact) mass is 388 g/mol. The number of nitrogens with one attached hydrogen (secondary N) is 2. The van der Waals surface area contributed by atoms with Gasteiger partial charge in [0, 0.05) is 57.6 Å². The Morgan fingerprint density at radius 3 is 2.89 bits per heavy atom. The molecule has 0 aromatic carbocycles. The summed E-state index contributed by atoms with van der Waals surface area (Å²) in [6.07, 6.45) is 7.16. The Morgan fingerprint density at radius 1 is 1.25 bits per heavy atom. The van der Waals surface area contributed by atoms with E-state index in [1.807, 2.05) is 19.3 Å². The fourth-order valence-electron chi connectivity index (χ4n) is 4.16. The van der Waals surface area contributed by atoms with Crippen LogP contribution < -0.4 is 15.5 Å². The van der Waals surface area contributed by atoms with Gasteiger partial charge in [-0.3, -0.25) is 9.89 Å². The summed E-state index contributed by atoms with van der Waals surface area (Å²) < 4.78 is 5.47. The van der Waals surface area contributed by atoms with Crippen LogP contribution in [0.3, 0.4) is 0 Å². The number of pyridine rings is 1. The molecule has 7 heteroatoms. The lowest BCUT2D eigenvalue weighted by molar-refractivity contribution is 0.122. The van der Waals surface area contributed by atoms with E-state index in [0.29, 0.717) is 6.54 Å². The fraction of sp³-hybridized carbons (Fsp3) is 0.714. The molecule has 28 heavy (non-hydrogen) atoms. The van der Waals surface area contributed by atoms with Crippen molar-refractivity contribution in [2.45, 2.75) is 45.2 Å². The zero-order valence-electron chi connectivity index (χ0n) is 17.5. The molecule has 0 saturated carbocycles. The van der Waals surface area contributed by atoms with Gasteiger partial charge in [0.25, 0.3) is 0 Å². The number of anilines is 1. The Morgan fingerprint density at radius 2 is 2.11 bits per heavy atom. The van der Waals surface area contributed by atoms with Gasteiger partial charge in [-0.25, -0.2) is 4.98 Å². The number of ether oxygens (including phenoxy) is 1. The molecular formula is C21H36N6O. The van der Waals surface area contributed by atoms with E-state index in [4.69, 9.17) is 4.74 Å². The molecule has 2 saturated heterocycles. The van der Waals surface area contributed by atoms with Crippen molar-refractivity contribution in [1.82, 2.24) is 20.5 Å². The summed E-state index contributed by atoms with van der Waals surface area (Å²) in [4.78, 5) is 13.9. The van der Waals surface area contributed by atoms with Gasteiger partial charge < -0.3 is 20.3 Å². The highest BCUT2D eigenvalue weighted by atomic mass is 16.5. The molecular weight excluding hydrogens is 352 g/mol. The second-order valence-corrected chi connectivity index (χ2v) is 7.53. The maximum absolute atomic E-state index is 5.47. The van der Waals surface area contributed by atoms with Crippen LogP contribution >= 0.6 is 0 Å². The molecule has 0 amide bonds. The van der Waals surface area contributed by atoms with Crippen LogP contribution in [0, 0.1) is 0 Å². The number of likely N-dealkylation sites (tertiary alicyclic amines) is 1. The first-order valence-corrected chi connectivity index (χ1v) is 10.8. The molecule has 2 N–H and O–H groups in total. The summed E-state index contributed by atoms with van der Waals surface area (Å²) in [7, 11) is 1.83. The Balaban J connectivity index is 1.48. The van der Waals surface area contributed by atoms with E-state index in [0.717, 1.165) is 57.2 Å². The number of aromatic nitrogens is 1. The van der Waals surface area contributed by atoms with E-state index in [1.54, 1.807) is 0 Å². The minimum absolute atomic E-state index is 0.710. The van der Waals surface area contributed by atoms with Gasteiger partial charge in [-0.1, -0.05) is 19.4 Å². The van der Waals surface area contributed by atoms with Gasteiger partial charge in [0.15, 0.2) is 5.96 Å². The Bertz CT molecular complexity index is 617. The van der Waals surface area contributed by atoms with Crippen molar-refractivity contribution in [1.29, 1.82) is 0 Å². The third kappa shape index (κ3) is 5.82. The van der Waals surface area contributed by atoms with Crippen LogP contribution in [0.15, 0.2) is 23.3 Å². The number of hydrogen-bond acceptors (Lipinski definition) is 5. The number of morpholine rings is 1. The second kappa shape index (κ2) is 11.2. The van der Waals surface area contributed by atoms with Gasteiger partial charge in [0.05, 0.1) is 13.2 Å². The summed E-state index contributed by atoms with van der Waals surface area (Å²) in [5.41, 5.74) is 1.19. The van der Waals surface area contributed by atoms with Gasteiger partial charge in [0.1, 0.15) is 5.82 Å². The summed E-state index contributed by atoms with van der Waals surface area (Å²) in [5, 5.41) is 6.92. The molecule has 0 aliphatic carbocycles. The van der Waals surface area contributed by atoms with Crippen LogP contribution in [0.25, 0.3) is 0 Å². The van der Waals surface area contributed by atoms with Gasteiger partial charge in [-0.2, -0.15) is 0 Å². The molecule has 1 aromatic rings. The zero-order valence-corrected chi connectivity index (χ0v) is 17.5. The van der Waals surface area contributed by atoms with Crippen molar-refractivity contribution in [3.05, 3.63) is 23.9 Å². The number of guanidine groups is 1. The lowest BCUT2D eigenvalue weighted by Gasteiger charge is -2.35. The molecule has 156 valence electrons. The Hall–Kier alpha value is -1.86. The average Bonchev–Trinajstić information content (AvgIpc) is 2.77. The normalized spacial score (nSPS) is 21.6. The molecule has 3 heterocycles. The van der Waals surface area contributed by atoms with Crippen molar-refractivity contribution in [3.63, 3.8) is 0 Å². The molecule has 1 atom stereocenters. The second-order valence-electron chi connectivity index (χ2n) is 7.53. The van der Waals surface area contributed by atoms with Crippen LogP contribution in [0.4, 0.5) is 5.82 Å². The molecule has 1 aromatic heterocycles. The number of hydrogen-bond donors (Lipinski definition) is 2. The fourth-order valence-corrected chi connectivity index (χ4v) is 4.16. The number of rotatable bonds is 7. The van der Waals surface area contributed by atoms with Crippen LogP contribution in [0.5, 0.6) is 0 Å². The highest BCUT2D eigenvalue weighted by molar-refractivity contribution is 5.79. The number of nitrogens with zero attached hydrogens (tertiary/aromatic N) is 4. The first-order chi connectivity index (χ1) is 13.8. The number of aliphatic imine (C=N–C) groups is 1. The van der Waals surface area contributed by atoms with Crippen molar-refractivity contribution < 1.29 is 4.74 Å². The minimum Gasteiger partial charge on any atom is -0.378 e. The third-order valence-corrected chi connectivity index (χ3v) is 5.76. The highest BCUT2D eigenvalue weighted by Gasteiger charge is 2.20. The largest absolute Gasteiger partial charge is 0.378 e. The quantitative estimate of drug-likeness (QED) is 0.549. The van der Waals surface area contributed by atoms with Crippen LogP contribution in [0.1, 0.15) is 38.2 Å². The summed E-state index contributed by atoms with van der Waals surface area (Å²) in [6, 6.07) is 4.88. The first kappa shape index (κ1) is 20.9. The maximum atomic E-state index is 5.47.